The third kappa shape index (κ3) is 4.05. The number of halogens is 1. The second-order valence-electron chi connectivity index (χ2n) is 5.39. The second kappa shape index (κ2) is 7.48. The van der Waals surface area contributed by atoms with E-state index in [1.165, 1.54) is 42.5 Å². The first kappa shape index (κ1) is 17.2. The molecule has 3 aromatic rings. The Morgan fingerprint density at radius 1 is 0.885 bits per heavy atom. The Morgan fingerprint density at radius 3 is 2.35 bits per heavy atom. The number of amides is 1. The molecule has 0 aliphatic heterocycles. The number of carbonyl (C=O) groups is 2. The molecule has 0 bridgehead atoms. The summed E-state index contributed by atoms with van der Waals surface area (Å²) in [6.45, 7) is 0. The lowest BCUT2D eigenvalue weighted by molar-refractivity contribution is 0.0698. The third-order valence-corrected chi connectivity index (χ3v) is 3.55. The first-order valence-corrected chi connectivity index (χ1v) is 7.70. The Morgan fingerprint density at radius 2 is 1.62 bits per heavy atom. The molecule has 3 aromatic carbocycles. The minimum absolute atomic E-state index is 0.000401. The quantitative estimate of drug-likeness (QED) is 0.706. The lowest BCUT2D eigenvalue weighted by Crippen LogP contribution is -2.14. The number of rotatable bonds is 5. The van der Waals surface area contributed by atoms with Gasteiger partial charge in [-0.15, -0.1) is 0 Å². The smallest absolute Gasteiger partial charge is 0.337 e. The van der Waals surface area contributed by atoms with Gasteiger partial charge in [-0.25, -0.2) is 9.18 Å². The van der Waals surface area contributed by atoms with Gasteiger partial charge in [-0.05, 0) is 54.6 Å². The number of para-hydroxylation sites is 1. The molecule has 0 heterocycles. The fraction of sp³-hybridized carbons (Fsp3) is 0. The lowest BCUT2D eigenvalue weighted by atomic mass is 10.1. The van der Waals surface area contributed by atoms with E-state index in [9.17, 15) is 19.1 Å². The van der Waals surface area contributed by atoms with Crippen molar-refractivity contribution in [2.75, 3.05) is 5.32 Å². The van der Waals surface area contributed by atoms with Gasteiger partial charge in [-0.3, -0.25) is 4.79 Å². The third-order valence-electron chi connectivity index (χ3n) is 3.55. The van der Waals surface area contributed by atoms with E-state index >= 15 is 0 Å². The summed E-state index contributed by atoms with van der Waals surface area (Å²) in [6.07, 6.45) is 0. The van der Waals surface area contributed by atoms with Gasteiger partial charge >= 0.3 is 5.97 Å². The van der Waals surface area contributed by atoms with Crippen LogP contribution in [0.5, 0.6) is 11.5 Å². The number of aromatic carboxylic acids is 1. The number of carboxylic acids is 1. The zero-order valence-electron chi connectivity index (χ0n) is 13.5. The van der Waals surface area contributed by atoms with Crippen LogP contribution in [0.25, 0.3) is 0 Å². The van der Waals surface area contributed by atoms with Crippen LogP contribution >= 0.6 is 0 Å². The predicted octanol–water partition coefficient (Wildman–Crippen LogP) is 4.57. The van der Waals surface area contributed by atoms with Crippen LogP contribution in [0.2, 0.25) is 0 Å². The van der Waals surface area contributed by atoms with Crippen molar-refractivity contribution in [1.29, 1.82) is 0 Å². The topological polar surface area (TPSA) is 75.6 Å². The highest BCUT2D eigenvalue weighted by molar-refractivity contribution is 6.07. The normalized spacial score (nSPS) is 10.2. The number of carboxylic acid groups (broad SMARTS) is 1. The second-order valence-corrected chi connectivity index (χ2v) is 5.39. The minimum atomic E-state index is -1.13. The van der Waals surface area contributed by atoms with Crippen molar-refractivity contribution in [1.82, 2.24) is 0 Å². The maximum absolute atomic E-state index is 12.9. The van der Waals surface area contributed by atoms with Crippen LogP contribution in [-0.2, 0) is 0 Å². The molecular weight excluding hydrogens is 337 g/mol. The summed E-state index contributed by atoms with van der Waals surface area (Å²) in [5, 5.41) is 11.8. The van der Waals surface area contributed by atoms with E-state index in [1.807, 2.05) is 0 Å². The van der Waals surface area contributed by atoms with Gasteiger partial charge in [0.25, 0.3) is 5.91 Å². The van der Waals surface area contributed by atoms with Crippen molar-refractivity contribution in [3.8, 4) is 11.5 Å². The van der Waals surface area contributed by atoms with E-state index in [0.29, 0.717) is 17.1 Å². The first-order valence-electron chi connectivity index (χ1n) is 7.70. The number of ether oxygens (including phenoxy) is 1. The van der Waals surface area contributed by atoms with Gasteiger partial charge in [0.15, 0.2) is 0 Å². The molecule has 130 valence electrons. The van der Waals surface area contributed by atoms with E-state index in [4.69, 9.17) is 4.74 Å². The fourth-order valence-electron chi connectivity index (χ4n) is 2.31. The summed E-state index contributed by atoms with van der Waals surface area (Å²) < 4.78 is 18.5. The zero-order valence-corrected chi connectivity index (χ0v) is 13.5. The molecule has 0 saturated heterocycles. The standard InChI is InChI=1S/C20H14FNO4/c21-14-8-10-15(11-9-14)26-16-5-3-4-13(12-16)19(23)22-18-7-2-1-6-17(18)20(24)25/h1-12H,(H,22,23)(H,24,25). The summed E-state index contributed by atoms with van der Waals surface area (Å²) in [7, 11) is 0. The highest BCUT2D eigenvalue weighted by Crippen LogP contribution is 2.23. The molecule has 0 unspecified atom stereocenters. The van der Waals surface area contributed by atoms with Gasteiger partial charge in [0.2, 0.25) is 0 Å². The van der Waals surface area contributed by atoms with E-state index in [2.05, 4.69) is 5.32 Å². The van der Waals surface area contributed by atoms with Gasteiger partial charge in [-0.1, -0.05) is 18.2 Å². The van der Waals surface area contributed by atoms with E-state index in [-0.39, 0.29) is 17.1 Å². The molecule has 2 N–H and O–H groups in total. The average molecular weight is 351 g/mol. The van der Waals surface area contributed by atoms with Gasteiger partial charge in [0, 0.05) is 5.56 Å². The summed E-state index contributed by atoms with van der Waals surface area (Å²) in [5.41, 5.74) is 0.499. The van der Waals surface area contributed by atoms with Crippen LogP contribution in [0.4, 0.5) is 10.1 Å². The molecule has 0 fully saturated rings. The number of benzene rings is 3. The number of hydrogen-bond donors (Lipinski definition) is 2. The Balaban J connectivity index is 1.78. The summed E-state index contributed by atoms with van der Waals surface area (Å²) in [5.74, 6) is -1.14. The van der Waals surface area contributed by atoms with E-state index < -0.39 is 11.9 Å². The summed E-state index contributed by atoms with van der Waals surface area (Å²) in [6, 6.07) is 18.0. The van der Waals surface area contributed by atoms with Crippen molar-refractivity contribution in [3.63, 3.8) is 0 Å². The van der Waals surface area contributed by atoms with Gasteiger partial charge in [0.05, 0.1) is 11.3 Å². The van der Waals surface area contributed by atoms with Crippen LogP contribution in [0.1, 0.15) is 20.7 Å². The van der Waals surface area contributed by atoms with E-state index in [0.717, 1.165) is 0 Å². The molecule has 0 radical (unpaired) electrons. The summed E-state index contributed by atoms with van der Waals surface area (Å²) in [4.78, 5) is 23.7. The molecule has 0 aliphatic carbocycles. The number of carbonyl (C=O) groups excluding carboxylic acids is 1. The predicted molar refractivity (Wildman–Crippen MR) is 94.3 cm³/mol. The van der Waals surface area contributed by atoms with Crippen molar-refractivity contribution in [3.05, 3.63) is 89.7 Å². The average Bonchev–Trinajstić information content (AvgIpc) is 2.64. The van der Waals surface area contributed by atoms with Crippen molar-refractivity contribution in [2.24, 2.45) is 0 Å². The molecule has 26 heavy (non-hydrogen) atoms. The minimum Gasteiger partial charge on any atom is -0.478 e. The van der Waals surface area contributed by atoms with Gasteiger partial charge in [0.1, 0.15) is 17.3 Å². The van der Waals surface area contributed by atoms with Crippen molar-refractivity contribution >= 4 is 17.6 Å². The maximum Gasteiger partial charge on any atom is 0.337 e. The molecule has 5 nitrogen and oxygen atoms in total. The molecule has 1 amide bonds. The van der Waals surface area contributed by atoms with E-state index in [1.54, 1.807) is 30.3 Å². The van der Waals surface area contributed by atoms with Crippen LogP contribution in [-0.4, -0.2) is 17.0 Å². The molecule has 0 saturated carbocycles. The SMILES string of the molecule is O=C(Nc1ccccc1C(=O)O)c1cccc(Oc2ccc(F)cc2)c1. The molecule has 6 heteroatoms. The Bertz CT molecular complexity index is 954. The Labute approximate surface area is 148 Å². The first-order chi connectivity index (χ1) is 12.5. The maximum atomic E-state index is 12.9. The molecular formula is C20H14FNO4. The molecule has 0 atom stereocenters. The van der Waals surface area contributed by atoms with Crippen LogP contribution in [0, 0.1) is 5.82 Å². The van der Waals surface area contributed by atoms with Gasteiger partial charge < -0.3 is 15.2 Å². The van der Waals surface area contributed by atoms with Crippen molar-refractivity contribution < 1.29 is 23.8 Å². The fourth-order valence-corrected chi connectivity index (χ4v) is 2.31. The zero-order chi connectivity index (χ0) is 18.5. The van der Waals surface area contributed by atoms with Crippen LogP contribution in [0.3, 0.4) is 0 Å². The van der Waals surface area contributed by atoms with Crippen LogP contribution < -0.4 is 10.1 Å². The molecule has 0 aromatic heterocycles. The summed E-state index contributed by atoms with van der Waals surface area (Å²) >= 11 is 0. The monoisotopic (exact) mass is 351 g/mol. The Hall–Kier alpha value is -3.67. The number of nitrogens with one attached hydrogen (secondary N) is 1. The van der Waals surface area contributed by atoms with Gasteiger partial charge in [-0.2, -0.15) is 0 Å². The Kier molecular flexibility index (Phi) is 4.94. The molecule has 3 rings (SSSR count). The lowest BCUT2D eigenvalue weighted by Gasteiger charge is -2.10. The number of hydrogen-bond acceptors (Lipinski definition) is 3. The van der Waals surface area contributed by atoms with Crippen LogP contribution in [0.15, 0.2) is 72.8 Å². The van der Waals surface area contributed by atoms with Crippen molar-refractivity contribution in [2.45, 2.75) is 0 Å². The molecule has 0 aliphatic rings. The largest absolute Gasteiger partial charge is 0.478 e. The number of anilines is 1. The highest BCUT2D eigenvalue weighted by atomic mass is 19.1. The highest BCUT2D eigenvalue weighted by Gasteiger charge is 2.13. The molecule has 0 spiro atoms.